The highest BCUT2D eigenvalue weighted by atomic mass is 19.4. The van der Waals surface area contributed by atoms with Gasteiger partial charge in [-0.25, -0.2) is 14.4 Å². The van der Waals surface area contributed by atoms with Gasteiger partial charge in [-0.05, 0) is 25.1 Å². The van der Waals surface area contributed by atoms with Crippen molar-refractivity contribution in [3.8, 4) is 0 Å². The number of nitrogens with zero attached hydrogens (tertiary/aromatic N) is 2. The van der Waals surface area contributed by atoms with Crippen LogP contribution in [0.3, 0.4) is 0 Å². The number of hydrogen-bond donors (Lipinski definition) is 3. The van der Waals surface area contributed by atoms with Crippen LogP contribution in [0.1, 0.15) is 29.4 Å². The highest BCUT2D eigenvalue weighted by molar-refractivity contribution is 5.88. The van der Waals surface area contributed by atoms with Gasteiger partial charge in [0.1, 0.15) is 0 Å². The minimum Gasteiger partial charge on any atom is -0.475 e. The van der Waals surface area contributed by atoms with Gasteiger partial charge in [0.25, 0.3) is 0 Å². The topological polar surface area (TPSA) is 143 Å². The number of carboxylic acids is 2. The second kappa shape index (κ2) is 15.0. The Hall–Kier alpha value is -2.94. The lowest BCUT2D eigenvalue weighted by molar-refractivity contribution is -0.193. The highest BCUT2D eigenvalue weighted by Gasteiger charge is 2.38. The van der Waals surface area contributed by atoms with Crippen molar-refractivity contribution in [3.05, 3.63) is 29.6 Å². The summed E-state index contributed by atoms with van der Waals surface area (Å²) in [7, 11) is 1.36. The van der Waals surface area contributed by atoms with E-state index in [1.54, 1.807) is 12.3 Å². The Bertz CT molecular complexity index is 680. The zero-order valence-electron chi connectivity index (χ0n) is 17.0. The number of esters is 1. The normalized spacial score (nSPS) is 10.9. The van der Waals surface area contributed by atoms with Gasteiger partial charge >= 0.3 is 30.3 Å². The molecule has 0 spiro atoms. The molecular weight excluding hydrogens is 456 g/mol. The molecule has 0 fully saturated rings. The molecule has 0 amide bonds. The van der Waals surface area contributed by atoms with E-state index in [-0.39, 0.29) is 5.97 Å². The number of carboxylic acid groups (broad SMARTS) is 2. The summed E-state index contributed by atoms with van der Waals surface area (Å²) in [4.78, 5) is 35.6. The van der Waals surface area contributed by atoms with Gasteiger partial charge < -0.3 is 20.7 Å². The lowest BCUT2D eigenvalue weighted by atomic mass is 10.2. The molecule has 1 rings (SSSR count). The van der Waals surface area contributed by atoms with Crippen LogP contribution in [0.2, 0.25) is 0 Å². The van der Waals surface area contributed by atoms with E-state index in [4.69, 9.17) is 25.5 Å². The molecule has 9 nitrogen and oxygen atoms in total. The lowest BCUT2D eigenvalue weighted by Gasteiger charge is -2.20. The number of carbonyl (C=O) groups is 3. The third-order valence-corrected chi connectivity index (χ3v) is 3.10. The first-order valence-electron chi connectivity index (χ1n) is 8.65. The number of pyridine rings is 1. The number of methoxy groups -OCH3 is 1. The van der Waals surface area contributed by atoms with E-state index in [2.05, 4.69) is 21.5 Å². The zero-order valence-corrected chi connectivity index (χ0v) is 17.0. The summed E-state index contributed by atoms with van der Waals surface area (Å²) in [6.45, 7) is 5.38. The van der Waals surface area contributed by atoms with Gasteiger partial charge in [0.15, 0.2) is 0 Å². The molecule has 184 valence electrons. The van der Waals surface area contributed by atoms with Crippen molar-refractivity contribution in [1.82, 2.24) is 9.88 Å². The number of alkyl halides is 6. The third-order valence-electron chi connectivity index (χ3n) is 3.10. The Balaban J connectivity index is 0. The Morgan fingerprint density at radius 2 is 1.50 bits per heavy atom. The maximum absolute atomic E-state index is 11.3. The fourth-order valence-electron chi connectivity index (χ4n) is 1.75. The third kappa shape index (κ3) is 15.0. The van der Waals surface area contributed by atoms with Crippen LogP contribution in [0, 0.1) is 0 Å². The molecule has 1 aromatic rings. The monoisotopic (exact) mass is 479 g/mol. The van der Waals surface area contributed by atoms with Crippen LogP contribution in [-0.4, -0.2) is 77.1 Å². The van der Waals surface area contributed by atoms with E-state index in [1.165, 1.54) is 7.11 Å². The number of hydrogen-bond acceptors (Lipinski definition) is 7. The van der Waals surface area contributed by atoms with Crippen molar-refractivity contribution >= 4 is 17.9 Å². The molecule has 32 heavy (non-hydrogen) atoms. The van der Waals surface area contributed by atoms with Gasteiger partial charge in [-0.2, -0.15) is 26.3 Å². The smallest absolute Gasteiger partial charge is 0.475 e. The Kier molecular flexibility index (Phi) is 14.6. The fourth-order valence-corrected chi connectivity index (χ4v) is 1.75. The molecule has 0 saturated carbocycles. The van der Waals surface area contributed by atoms with E-state index in [0.29, 0.717) is 12.1 Å². The highest BCUT2D eigenvalue weighted by Crippen LogP contribution is 2.13. The Labute approximate surface area is 178 Å². The minimum absolute atomic E-state index is 0.360. The molecule has 0 radical (unpaired) electrons. The van der Waals surface area contributed by atoms with E-state index in [0.717, 1.165) is 31.7 Å². The molecule has 4 N–H and O–H groups in total. The van der Waals surface area contributed by atoms with Gasteiger partial charge in [0.05, 0.1) is 18.4 Å². The van der Waals surface area contributed by atoms with Gasteiger partial charge in [-0.15, -0.1) is 0 Å². The van der Waals surface area contributed by atoms with Crippen LogP contribution in [-0.2, 0) is 20.9 Å². The number of rotatable bonds is 7. The molecule has 15 heteroatoms. The predicted molar refractivity (Wildman–Crippen MR) is 97.6 cm³/mol. The van der Waals surface area contributed by atoms with Crippen molar-refractivity contribution in [3.63, 3.8) is 0 Å². The van der Waals surface area contributed by atoms with Crippen molar-refractivity contribution in [2.24, 2.45) is 5.73 Å². The van der Waals surface area contributed by atoms with Crippen LogP contribution >= 0.6 is 0 Å². The molecule has 0 bridgehead atoms. The fraction of sp³-hybridized carbons (Fsp3) is 0.529. The van der Waals surface area contributed by atoms with Gasteiger partial charge in [0.2, 0.25) is 0 Å². The molecular formula is C17H23F6N3O6. The largest absolute Gasteiger partial charge is 0.490 e. The van der Waals surface area contributed by atoms with Crippen LogP contribution in [0.4, 0.5) is 26.3 Å². The summed E-state index contributed by atoms with van der Waals surface area (Å²) in [5, 5.41) is 14.2. The molecule has 0 unspecified atom stereocenters. The van der Waals surface area contributed by atoms with E-state index in [1.807, 2.05) is 6.07 Å². The first-order chi connectivity index (χ1) is 14.6. The SMILES string of the molecule is CCCN(CCN)Cc1ccc(C(=O)OC)cn1.O=C(O)C(F)(F)F.O=C(O)C(F)(F)F. The summed E-state index contributed by atoms with van der Waals surface area (Å²) in [5.41, 5.74) is 6.98. The molecule has 1 heterocycles. The molecule has 0 aromatic carbocycles. The van der Waals surface area contributed by atoms with Crippen molar-refractivity contribution in [2.45, 2.75) is 32.2 Å². The maximum atomic E-state index is 11.3. The first kappa shape index (κ1) is 31.2. The summed E-state index contributed by atoms with van der Waals surface area (Å²) in [6.07, 6.45) is -7.53. The summed E-state index contributed by atoms with van der Waals surface area (Å²) >= 11 is 0. The van der Waals surface area contributed by atoms with Crippen LogP contribution < -0.4 is 5.73 Å². The average Bonchev–Trinajstić information content (AvgIpc) is 2.68. The number of ether oxygens (including phenoxy) is 1. The first-order valence-corrected chi connectivity index (χ1v) is 8.65. The number of nitrogens with two attached hydrogens (primary N) is 1. The second-order valence-electron chi connectivity index (χ2n) is 5.70. The lowest BCUT2D eigenvalue weighted by Crippen LogP contribution is -2.30. The number of aliphatic carboxylic acids is 2. The van der Waals surface area contributed by atoms with E-state index in [9.17, 15) is 31.1 Å². The van der Waals surface area contributed by atoms with Crippen molar-refractivity contribution in [1.29, 1.82) is 0 Å². The molecule has 0 saturated heterocycles. The number of aromatic nitrogens is 1. The average molecular weight is 479 g/mol. The Morgan fingerprint density at radius 3 is 1.78 bits per heavy atom. The van der Waals surface area contributed by atoms with E-state index < -0.39 is 24.3 Å². The molecule has 0 aliphatic rings. The predicted octanol–water partition coefficient (Wildman–Crippen LogP) is 2.31. The molecule has 0 atom stereocenters. The molecule has 0 aliphatic heterocycles. The van der Waals surface area contributed by atoms with Crippen molar-refractivity contribution in [2.75, 3.05) is 26.7 Å². The standard InChI is InChI=1S/C13H21N3O2.2C2HF3O2/c1-3-7-16(8-6-14)10-12-5-4-11(9-15-12)13(17)18-2;2*3-2(4,5)1(6)7/h4-5,9H,3,6-8,10,14H2,1-2H3;2*(H,6,7). The molecule has 0 aliphatic carbocycles. The van der Waals surface area contributed by atoms with Gasteiger partial charge in [-0.1, -0.05) is 6.92 Å². The van der Waals surface area contributed by atoms with Crippen molar-refractivity contribution < 1.29 is 55.7 Å². The van der Waals surface area contributed by atoms with Crippen LogP contribution in [0.25, 0.3) is 0 Å². The zero-order chi connectivity index (χ0) is 25.5. The number of halogens is 6. The van der Waals surface area contributed by atoms with Crippen LogP contribution in [0.15, 0.2) is 18.3 Å². The quantitative estimate of drug-likeness (QED) is 0.396. The minimum atomic E-state index is -5.08. The van der Waals surface area contributed by atoms with Crippen LogP contribution in [0.5, 0.6) is 0 Å². The maximum Gasteiger partial charge on any atom is 0.490 e. The van der Waals surface area contributed by atoms with Gasteiger partial charge in [0, 0.05) is 25.8 Å². The number of carbonyl (C=O) groups excluding carboxylic acids is 1. The van der Waals surface area contributed by atoms with Gasteiger partial charge in [-0.3, -0.25) is 9.88 Å². The summed E-state index contributed by atoms with van der Waals surface area (Å²) in [6, 6.07) is 3.59. The molecule has 1 aromatic heterocycles. The Morgan fingerprint density at radius 1 is 1.03 bits per heavy atom. The summed E-state index contributed by atoms with van der Waals surface area (Å²) in [5.74, 6) is -5.87. The van der Waals surface area contributed by atoms with E-state index >= 15 is 0 Å². The second-order valence-corrected chi connectivity index (χ2v) is 5.70. The summed E-state index contributed by atoms with van der Waals surface area (Å²) < 4.78 is 68.1.